The maximum Gasteiger partial charge on any atom is 0.421 e. The second kappa shape index (κ2) is 4.02. The van der Waals surface area contributed by atoms with Gasteiger partial charge in [-0.05, 0) is 24.3 Å². The molecule has 6 heteroatoms. The molecule has 1 heterocycles. The van der Waals surface area contributed by atoms with E-state index in [2.05, 4.69) is 0 Å². The van der Waals surface area contributed by atoms with E-state index in [9.17, 15) is 18.3 Å². The van der Waals surface area contributed by atoms with Crippen molar-refractivity contribution in [3.05, 3.63) is 40.9 Å². The lowest BCUT2D eigenvalue weighted by atomic mass is 10.1. The first-order valence-electron chi connectivity index (χ1n) is 5.29. The Morgan fingerprint density at radius 2 is 1.74 bits per heavy atom. The van der Waals surface area contributed by atoms with E-state index >= 15 is 0 Å². The summed E-state index contributed by atoms with van der Waals surface area (Å²) < 4.78 is 39.7. The molecule has 0 bridgehead atoms. The fraction of sp³-hybridized carbons (Fsp3) is 0.0769. The Morgan fingerprint density at radius 1 is 1.05 bits per heavy atom. The van der Waals surface area contributed by atoms with Crippen LogP contribution in [-0.4, -0.2) is 5.11 Å². The normalized spacial score (nSPS) is 12.4. The van der Waals surface area contributed by atoms with Crippen molar-refractivity contribution in [3.8, 4) is 5.75 Å². The Morgan fingerprint density at radius 3 is 2.42 bits per heavy atom. The van der Waals surface area contributed by atoms with E-state index in [0.29, 0.717) is 20.5 Å². The molecule has 1 N–H and O–H groups in total. The molecule has 0 aliphatic carbocycles. The van der Waals surface area contributed by atoms with Gasteiger partial charge in [-0.2, -0.15) is 13.2 Å². The van der Waals surface area contributed by atoms with Crippen LogP contribution in [0.15, 0.2) is 30.3 Å². The molecule has 0 aliphatic heterocycles. The summed E-state index contributed by atoms with van der Waals surface area (Å²) in [6.45, 7) is 0. The van der Waals surface area contributed by atoms with E-state index in [1.165, 1.54) is 6.07 Å². The molecule has 0 unspecified atom stereocenters. The topological polar surface area (TPSA) is 20.2 Å². The van der Waals surface area contributed by atoms with Crippen LogP contribution in [0.3, 0.4) is 0 Å². The molecule has 0 aliphatic rings. The number of hydrogen-bond donors (Lipinski definition) is 1. The maximum atomic E-state index is 13.0. The predicted octanol–water partition coefficient (Wildman–Crippen LogP) is 5.43. The van der Waals surface area contributed by atoms with Crippen LogP contribution in [0.4, 0.5) is 13.2 Å². The smallest absolute Gasteiger partial charge is 0.421 e. The van der Waals surface area contributed by atoms with Crippen molar-refractivity contribution in [1.82, 2.24) is 0 Å². The van der Waals surface area contributed by atoms with Crippen molar-refractivity contribution < 1.29 is 18.3 Å². The molecule has 1 nitrogen and oxygen atoms in total. The second-order valence-corrected chi connectivity index (χ2v) is 5.57. The summed E-state index contributed by atoms with van der Waals surface area (Å²) in [4.78, 5) is 0. The zero-order valence-corrected chi connectivity index (χ0v) is 10.8. The number of phenols is 1. The fourth-order valence-electron chi connectivity index (χ4n) is 2.08. The lowest BCUT2D eigenvalue weighted by Gasteiger charge is -2.09. The summed E-state index contributed by atoms with van der Waals surface area (Å²) in [5, 5.41) is 11.1. The SMILES string of the molecule is Oc1ccc2c(sc3cc(Cl)ccc32)c1C(F)(F)F. The van der Waals surface area contributed by atoms with Crippen LogP contribution in [0.25, 0.3) is 20.2 Å². The molecule has 98 valence electrons. The first kappa shape index (κ1) is 12.6. The van der Waals surface area contributed by atoms with Gasteiger partial charge in [0.2, 0.25) is 0 Å². The van der Waals surface area contributed by atoms with Crippen LogP contribution in [0.1, 0.15) is 5.56 Å². The van der Waals surface area contributed by atoms with E-state index < -0.39 is 17.5 Å². The average Bonchev–Trinajstić information content (AvgIpc) is 2.63. The molecular weight excluding hydrogens is 297 g/mol. The summed E-state index contributed by atoms with van der Waals surface area (Å²) in [5.41, 5.74) is -0.984. The zero-order chi connectivity index (χ0) is 13.8. The van der Waals surface area contributed by atoms with Crippen molar-refractivity contribution in [3.63, 3.8) is 0 Å². The molecule has 19 heavy (non-hydrogen) atoms. The van der Waals surface area contributed by atoms with Crippen LogP contribution in [-0.2, 0) is 6.18 Å². The monoisotopic (exact) mass is 302 g/mol. The van der Waals surface area contributed by atoms with Gasteiger partial charge in [0, 0.05) is 20.5 Å². The number of rotatable bonds is 0. The van der Waals surface area contributed by atoms with Crippen LogP contribution in [0.5, 0.6) is 5.75 Å². The van der Waals surface area contributed by atoms with Crippen molar-refractivity contribution >= 4 is 43.1 Å². The number of alkyl halides is 3. The van der Waals surface area contributed by atoms with Crippen molar-refractivity contribution in [2.24, 2.45) is 0 Å². The molecule has 0 radical (unpaired) electrons. The zero-order valence-electron chi connectivity index (χ0n) is 9.25. The third kappa shape index (κ3) is 1.93. The highest BCUT2D eigenvalue weighted by Crippen LogP contribution is 2.46. The van der Waals surface area contributed by atoms with Gasteiger partial charge in [-0.1, -0.05) is 17.7 Å². The van der Waals surface area contributed by atoms with E-state index in [-0.39, 0.29) is 4.70 Å². The molecule has 0 atom stereocenters. The summed E-state index contributed by atoms with van der Waals surface area (Å²) in [5.74, 6) is -0.752. The summed E-state index contributed by atoms with van der Waals surface area (Å²) in [6.07, 6.45) is -4.59. The Labute approximate surface area is 114 Å². The lowest BCUT2D eigenvalue weighted by molar-refractivity contribution is -0.137. The number of benzene rings is 2. The van der Waals surface area contributed by atoms with Crippen molar-refractivity contribution in [2.75, 3.05) is 0 Å². The number of phenolic OH excluding ortho intramolecular Hbond substituents is 1. The van der Waals surface area contributed by atoms with Gasteiger partial charge in [-0.25, -0.2) is 0 Å². The first-order chi connectivity index (χ1) is 8.88. The van der Waals surface area contributed by atoms with Crippen LogP contribution >= 0.6 is 22.9 Å². The van der Waals surface area contributed by atoms with Gasteiger partial charge in [-0.15, -0.1) is 11.3 Å². The fourth-order valence-corrected chi connectivity index (χ4v) is 3.62. The average molecular weight is 303 g/mol. The van der Waals surface area contributed by atoms with Gasteiger partial charge in [0.1, 0.15) is 11.3 Å². The molecule has 0 saturated carbocycles. The minimum atomic E-state index is -4.59. The van der Waals surface area contributed by atoms with E-state index in [1.807, 2.05) is 0 Å². The van der Waals surface area contributed by atoms with E-state index in [0.717, 1.165) is 17.4 Å². The maximum absolute atomic E-state index is 13.0. The van der Waals surface area contributed by atoms with Gasteiger partial charge in [0.15, 0.2) is 0 Å². The summed E-state index contributed by atoms with van der Waals surface area (Å²) >= 11 is 6.82. The number of fused-ring (bicyclic) bond motifs is 3. The third-order valence-electron chi connectivity index (χ3n) is 2.87. The van der Waals surface area contributed by atoms with Gasteiger partial charge in [0.05, 0.1) is 4.70 Å². The van der Waals surface area contributed by atoms with Crippen LogP contribution in [0.2, 0.25) is 5.02 Å². The lowest BCUT2D eigenvalue weighted by Crippen LogP contribution is -2.05. The van der Waals surface area contributed by atoms with Crippen LogP contribution < -0.4 is 0 Å². The quantitative estimate of drug-likeness (QED) is 0.587. The highest BCUT2D eigenvalue weighted by Gasteiger charge is 2.36. The van der Waals surface area contributed by atoms with Gasteiger partial charge in [-0.3, -0.25) is 0 Å². The standard InChI is InChI=1S/C13H6ClF3OS/c14-6-1-2-7-8-3-4-9(18)11(13(15,16)17)12(8)19-10(7)5-6/h1-5,18H. The highest BCUT2D eigenvalue weighted by atomic mass is 35.5. The molecule has 0 amide bonds. The van der Waals surface area contributed by atoms with Crippen molar-refractivity contribution in [1.29, 1.82) is 0 Å². The largest absolute Gasteiger partial charge is 0.507 e. The number of aromatic hydroxyl groups is 1. The molecule has 0 fully saturated rings. The summed E-state index contributed by atoms with van der Waals surface area (Å²) in [7, 11) is 0. The molecule has 2 aromatic carbocycles. The molecular formula is C13H6ClF3OS. The Hall–Kier alpha value is -1.46. The Balaban J connectivity index is 2.50. The highest BCUT2D eigenvalue weighted by molar-refractivity contribution is 7.26. The minimum Gasteiger partial charge on any atom is -0.507 e. The molecule has 0 saturated heterocycles. The molecule has 1 aromatic heterocycles. The van der Waals surface area contributed by atoms with Gasteiger partial charge < -0.3 is 5.11 Å². The van der Waals surface area contributed by atoms with Crippen LogP contribution in [0, 0.1) is 0 Å². The summed E-state index contributed by atoms with van der Waals surface area (Å²) in [6, 6.07) is 7.52. The van der Waals surface area contributed by atoms with Gasteiger partial charge in [0.25, 0.3) is 0 Å². The van der Waals surface area contributed by atoms with Crippen molar-refractivity contribution in [2.45, 2.75) is 6.18 Å². The predicted molar refractivity (Wildman–Crippen MR) is 71.0 cm³/mol. The number of thiophene rings is 1. The number of hydrogen-bond acceptors (Lipinski definition) is 2. The first-order valence-corrected chi connectivity index (χ1v) is 6.48. The molecule has 0 spiro atoms. The third-order valence-corrected chi connectivity index (χ3v) is 4.29. The molecule has 3 rings (SSSR count). The Kier molecular flexibility index (Phi) is 2.66. The second-order valence-electron chi connectivity index (χ2n) is 4.08. The molecule has 3 aromatic rings. The minimum absolute atomic E-state index is 0.0322. The Bertz CT molecular complexity index is 792. The van der Waals surface area contributed by atoms with E-state index in [4.69, 9.17) is 11.6 Å². The van der Waals surface area contributed by atoms with Gasteiger partial charge >= 0.3 is 6.18 Å². The number of halogens is 4. The van der Waals surface area contributed by atoms with E-state index in [1.54, 1.807) is 18.2 Å².